The fraction of sp³-hybridized carbons (Fsp3) is 0.421. The van der Waals surface area contributed by atoms with Crippen molar-refractivity contribution in [3.8, 4) is 0 Å². The molecule has 6 nitrogen and oxygen atoms in total. The van der Waals surface area contributed by atoms with Gasteiger partial charge in [-0.05, 0) is 49.3 Å². The summed E-state index contributed by atoms with van der Waals surface area (Å²) in [5, 5.41) is 5.34. The number of allylic oxidation sites excluding steroid dienone is 2. The predicted molar refractivity (Wildman–Crippen MR) is 92.4 cm³/mol. The van der Waals surface area contributed by atoms with Gasteiger partial charge in [-0.1, -0.05) is 24.3 Å². The second-order valence-corrected chi connectivity index (χ2v) is 7.10. The molecule has 4 atom stereocenters. The normalized spacial score (nSPS) is 29.7. The topological polar surface area (TPSA) is 78.5 Å². The zero-order valence-corrected chi connectivity index (χ0v) is 14.1. The summed E-state index contributed by atoms with van der Waals surface area (Å²) in [5.41, 5.74) is 1.71. The Morgan fingerprint density at radius 1 is 1.12 bits per heavy atom. The Kier molecular flexibility index (Phi) is 3.82. The molecule has 0 aromatic heterocycles. The Hall–Kier alpha value is -2.63. The third-order valence-corrected chi connectivity index (χ3v) is 5.52. The highest BCUT2D eigenvalue weighted by Gasteiger charge is 2.56. The van der Waals surface area contributed by atoms with E-state index in [0.29, 0.717) is 5.69 Å². The molecule has 1 saturated carbocycles. The van der Waals surface area contributed by atoms with Gasteiger partial charge < -0.3 is 10.6 Å². The van der Waals surface area contributed by atoms with Gasteiger partial charge in [0.15, 0.2) is 0 Å². The zero-order chi connectivity index (χ0) is 17.6. The van der Waals surface area contributed by atoms with Gasteiger partial charge in [-0.3, -0.25) is 14.5 Å². The number of hydrogen-bond acceptors (Lipinski definition) is 3. The van der Waals surface area contributed by atoms with Crippen LogP contribution >= 0.6 is 0 Å². The molecule has 4 aliphatic rings. The van der Waals surface area contributed by atoms with Crippen LogP contribution in [0.1, 0.15) is 18.4 Å². The van der Waals surface area contributed by atoms with Crippen LogP contribution in [0.3, 0.4) is 0 Å². The highest BCUT2D eigenvalue weighted by molar-refractivity contribution is 6.06. The number of nitrogens with zero attached hydrogens (tertiary/aromatic N) is 1. The molecule has 1 aromatic rings. The van der Waals surface area contributed by atoms with E-state index < -0.39 is 6.03 Å². The van der Waals surface area contributed by atoms with Crippen molar-refractivity contribution in [2.75, 3.05) is 12.0 Å². The summed E-state index contributed by atoms with van der Waals surface area (Å²) in [6, 6.07) is 7.00. The molecule has 130 valence electrons. The van der Waals surface area contributed by atoms with Crippen molar-refractivity contribution in [1.82, 2.24) is 10.2 Å². The minimum absolute atomic E-state index is 0.0816. The van der Waals surface area contributed by atoms with E-state index in [-0.39, 0.29) is 42.2 Å². The largest absolute Gasteiger partial charge is 0.320 e. The minimum Gasteiger partial charge on any atom is -0.320 e. The molecule has 2 N–H and O–H groups in total. The van der Waals surface area contributed by atoms with Crippen molar-refractivity contribution in [2.24, 2.45) is 23.7 Å². The van der Waals surface area contributed by atoms with Gasteiger partial charge in [-0.2, -0.15) is 0 Å². The minimum atomic E-state index is -0.429. The Morgan fingerprint density at radius 3 is 2.32 bits per heavy atom. The number of benzene rings is 1. The van der Waals surface area contributed by atoms with Crippen LogP contribution in [-0.4, -0.2) is 29.4 Å². The second kappa shape index (κ2) is 6.02. The highest BCUT2D eigenvalue weighted by Crippen LogP contribution is 2.49. The monoisotopic (exact) mass is 339 g/mol. The van der Waals surface area contributed by atoms with Crippen LogP contribution in [0.25, 0.3) is 0 Å². The molecule has 0 radical (unpaired) electrons. The molecule has 1 heterocycles. The maximum Gasteiger partial charge on any atom is 0.320 e. The maximum atomic E-state index is 12.7. The summed E-state index contributed by atoms with van der Waals surface area (Å²) >= 11 is 0. The zero-order valence-electron chi connectivity index (χ0n) is 14.1. The number of imide groups is 1. The van der Waals surface area contributed by atoms with E-state index in [2.05, 4.69) is 22.8 Å². The van der Waals surface area contributed by atoms with Crippen molar-refractivity contribution >= 4 is 23.5 Å². The van der Waals surface area contributed by atoms with Crippen molar-refractivity contribution in [1.29, 1.82) is 0 Å². The van der Waals surface area contributed by atoms with Crippen LogP contribution < -0.4 is 10.6 Å². The number of urea groups is 1. The number of anilines is 1. The van der Waals surface area contributed by atoms with Crippen LogP contribution in [0.15, 0.2) is 36.4 Å². The summed E-state index contributed by atoms with van der Waals surface area (Å²) in [6.07, 6.45) is 6.11. The van der Waals surface area contributed by atoms with Gasteiger partial charge in [0.05, 0.1) is 11.8 Å². The molecule has 2 fully saturated rings. The molecule has 4 amide bonds. The van der Waals surface area contributed by atoms with Crippen LogP contribution in [0.2, 0.25) is 0 Å². The van der Waals surface area contributed by atoms with Crippen LogP contribution in [-0.2, 0) is 9.59 Å². The lowest BCUT2D eigenvalue weighted by molar-refractivity contribution is -0.140. The van der Waals surface area contributed by atoms with Gasteiger partial charge in [0.25, 0.3) is 0 Å². The summed E-state index contributed by atoms with van der Waals surface area (Å²) in [5.74, 6) is -0.444. The Morgan fingerprint density at radius 2 is 1.76 bits per heavy atom. The summed E-state index contributed by atoms with van der Waals surface area (Å²) in [4.78, 5) is 38.6. The SMILES string of the molecule is Cc1cccc(NC(=O)NCN2C(=O)C3C4C=CC(CC4)C3C2=O)c1. The molecule has 4 unspecified atom stereocenters. The standard InChI is InChI=1S/C19H21N3O3/c1-11-3-2-4-14(9-11)21-19(25)20-10-22-17(23)15-12-5-6-13(8-7-12)16(15)18(22)24/h2-6,9,12-13,15-16H,7-8,10H2,1H3,(H2,20,21,25). The quantitative estimate of drug-likeness (QED) is 0.655. The first kappa shape index (κ1) is 15.9. The highest BCUT2D eigenvalue weighted by atomic mass is 16.2. The van der Waals surface area contributed by atoms with Crippen molar-refractivity contribution < 1.29 is 14.4 Å². The number of rotatable bonds is 3. The number of fused-ring (bicyclic) bond motifs is 1. The number of hydrogen-bond donors (Lipinski definition) is 2. The lowest BCUT2D eigenvalue weighted by Gasteiger charge is -2.38. The van der Waals surface area contributed by atoms with Crippen molar-refractivity contribution in [3.05, 3.63) is 42.0 Å². The Balaban J connectivity index is 1.39. The molecule has 1 aliphatic heterocycles. The molecule has 25 heavy (non-hydrogen) atoms. The van der Waals surface area contributed by atoms with Gasteiger partial charge >= 0.3 is 6.03 Å². The second-order valence-electron chi connectivity index (χ2n) is 7.10. The number of carbonyl (C=O) groups excluding carboxylic acids is 3. The average molecular weight is 339 g/mol. The molecule has 5 rings (SSSR count). The lowest BCUT2D eigenvalue weighted by Crippen LogP contribution is -2.43. The van der Waals surface area contributed by atoms with E-state index in [1.165, 1.54) is 4.90 Å². The van der Waals surface area contributed by atoms with Crippen LogP contribution in [0, 0.1) is 30.6 Å². The molecule has 1 saturated heterocycles. The molecule has 2 bridgehead atoms. The fourth-order valence-corrected chi connectivity index (χ4v) is 4.34. The number of aryl methyl sites for hydroxylation is 1. The third-order valence-electron chi connectivity index (χ3n) is 5.52. The summed E-state index contributed by atoms with van der Waals surface area (Å²) < 4.78 is 0. The van der Waals surface area contributed by atoms with E-state index in [1.807, 2.05) is 25.1 Å². The number of carbonyl (C=O) groups is 3. The molecular weight excluding hydrogens is 318 g/mol. The van der Waals surface area contributed by atoms with E-state index in [0.717, 1.165) is 18.4 Å². The van der Waals surface area contributed by atoms with Gasteiger partial charge in [-0.25, -0.2) is 4.79 Å². The van der Waals surface area contributed by atoms with Gasteiger partial charge in [0, 0.05) is 5.69 Å². The van der Waals surface area contributed by atoms with E-state index in [4.69, 9.17) is 0 Å². The molecule has 3 aliphatic carbocycles. The average Bonchev–Trinajstić information content (AvgIpc) is 2.87. The van der Waals surface area contributed by atoms with Crippen LogP contribution in [0.4, 0.5) is 10.5 Å². The first-order valence-electron chi connectivity index (χ1n) is 8.69. The number of likely N-dealkylation sites (tertiary alicyclic amines) is 1. The van der Waals surface area contributed by atoms with Crippen LogP contribution in [0.5, 0.6) is 0 Å². The van der Waals surface area contributed by atoms with Gasteiger partial charge in [0.2, 0.25) is 11.8 Å². The van der Waals surface area contributed by atoms with Crippen molar-refractivity contribution in [3.63, 3.8) is 0 Å². The first-order chi connectivity index (χ1) is 12.0. The predicted octanol–water partition coefficient (Wildman–Crippen LogP) is 2.27. The maximum absolute atomic E-state index is 12.7. The number of amides is 4. The van der Waals surface area contributed by atoms with E-state index >= 15 is 0 Å². The van der Waals surface area contributed by atoms with Crippen molar-refractivity contribution in [2.45, 2.75) is 19.8 Å². The smallest absolute Gasteiger partial charge is 0.320 e. The first-order valence-corrected chi connectivity index (χ1v) is 8.69. The Labute approximate surface area is 146 Å². The summed E-state index contributed by atoms with van der Waals surface area (Å²) in [7, 11) is 0. The van der Waals surface area contributed by atoms with Gasteiger partial charge in [-0.15, -0.1) is 0 Å². The summed E-state index contributed by atoms with van der Waals surface area (Å²) in [6.45, 7) is 1.86. The third kappa shape index (κ3) is 2.71. The fourth-order valence-electron chi connectivity index (χ4n) is 4.34. The van der Waals surface area contributed by atoms with E-state index in [1.54, 1.807) is 6.07 Å². The molecule has 6 heteroatoms. The lowest BCUT2D eigenvalue weighted by atomic mass is 9.63. The Bertz CT molecular complexity index is 741. The molecular formula is C19H21N3O3. The van der Waals surface area contributed by atoms with Gasteiger partial charge in [0.1, 0.15) is 6.67 Å². The molecule has 0 spiro atoms. The molecule has 1 aromatic carbocycles. The number of nitrogens with one attached hydrogen (secondary N) is 2. The van der Waals surface area contributed by atoms with E-state index in [9.17, 15) is 14.4 Å².